The van der Waals surface area contributed by atoms with E-state index in [4.69, 9.17) is 0 Å². The molecule has 0 aliphatic heterocycles. The van der Waals surface area contributed by atoms with Crippen molar-refractivity contribution < 1.29 is 0 Å². The first-order chi connectivity index (χ1) is 5.59. The van der Waals surface area contributed by atoms with Gasteiger partial charge in [-0.05, 0) is 53.8 Å². The third-order valence-electron chi connectivity index (χ3n) is 3.21. The fourth-order valence-electron chi connectivity index (χ4n) is 1.42. The molecule has 2 heteroatoms. The molecule has 0 aromatic rings. The molecule has 0 unspecified atom stereocenters. The maximum Gasteiger partial charge on any atom is 0.0192 e. The minimum absolute atomic E-state index is 0.517. The predicted octanol–water partition coefficient (Wildman–Crippen LogP) is 1.47. The molecule has 1 N–H and O–H groups in total. The molecule has 0 amide bonds. The van der Waals surface area contributed by atoms with Crippen molar-refractivity contribution in [1.82, 2.24) is 10.2 Å². The van der Waals surface area contributed by atoms with Crippen molar-refractivity contribution in [3.8, 4) is 0 Å². The Balaban J connectivity index is 2.17. The van der Waals surface area contributed by atoms with Crippen LogP contribution in [0.4, 0.5) is 0 Å². The normalized spacial score (nSPS) is 20.5. The van der Waals surface area contributed by atoms with E-state index < -0.39 is 0 Å². The molecule has 0 heterocycles. The van der Waals surface area contributed by atoms with E-state index in [-0.39, 0.29) is 0 Å². The van der Waals surface area contributed by atoms with Gasteiger partial charge in [-0.1, -0.05) is 0 Å². The lowest BCUT2D eigenvalue weighted by Gasteiger charge is -2.23. The molecule has 1 fully saturated rings. The summed E-state index contributed by atoms with van der Waals surface area (Å²) in [4.78, 5) is 2.41. The van der Waals surface area contributed by atoms with Gasteiger partial charge in [0.05, 0.1) is 0 Å². The molecule has 1 saturated carbocycles. The number of rotatable bonds is 5. The fourth-order valence-corrected chi connectivity index (χ4v) is 1.42. The minimum atomic E-state index is 0.517. The summed E-state index contributed by atoms with van der Waals surface area (Å²) in [6.45, 7) is 5.72. The molecule has 0 atom stereocenters. The van der Waals surface area contributed by atoms with E-state index in [1.54, 1.807) is 0 Å². The molecule has 2 nitrogen and oxygen atoms in total. The first kappa shape index (κ1) is 10.0. The number of hydrogen-bond acceptors (Lipinski definition) is 2. The summed E-state index contributed by atoms with van der Waals surface area (Å²) >= 11 is 0. The molecule has 1 aliphatic carbocycles. The first-order valence-electron chi connectivity index (χ1n) is 4.99. The van der Waals surface area contributed by atoms with E-state index >= 15 is 0 Å². The zero-order valence-corrected chi connectivity index (χ0v) is 8.85. The molecule has 0 aromatic heterocycles. The number of nitrogens with one attached hydrogen (secondary N) is 1. The lowest BCUT2D eigenvalue weighted by atomic mass is 10.1. The second-order valence-electron chi connectivity index (χ2n) is 4.35. The highest BCUT2D eigenvalue weighted by atomic mass is 15.1. The van der Waals surface area contributed by atoms with E-state index in [1.807, 2.05) is 0 Å². The highest BCUT2D eigenvalue weighted by molar-refractivity contribution is 5.01. The van der Waals surface area contributed by atoms with Gasteiger partial charge in [-0.2, -0.15) is 0 Å². The van der Waals surface area contributed by atoms with Crippen molar-refractivity contribution in [2.75, 3.05) is 20.6 Å². The van der Waals surface area contributed by atoms with Crippen LogP contribution in [0, 0.1) is 0 Å². The van der Waals surface area contributed by atoms with Crippen molar-refractivity contribution in [2.24, 2.45) is 0 Å². The minimum Gasteiger partial charge on any atom is -0.314 e. The Morgan fingerprint density at radius 1 is 1.42 bits per heavy atom. The standard InChI is InChI=1S/C10H22N2/c1-9(2)12(4)8-7-10(11-3)5-6-10/h9,11H,5-8H2,1-4H3. The Morgan fingerprint density at radius 3 is 2.33 bits per heavy atom. The van der Waals surface area contributed by atoms with Crippen LogP contribution < -0.4 is 5.32 Å². The second-order valence-corrected chi connectivity index (χ2v) is 4.35. The molecule has 1 rings (SSSR count). The zero-order valence-electron chi connectivity index (χ0n) is 8.85. The maximum absolute atomic E-state index is 3.42. The van der Waals surface area contributed by atoms with Crippen molar-refractivity contribution in [3.63, 3.8) is 0 Å². The quantitative estimate of drug-likeness (QED) is 0.672. The third kappa shape index (κ3) is 2.46. The van der Waals surface area contributed by atoms with Crippen LogP contribution in [0.15, 0.2) is 0 Å². The highest BCUT2D eigenvalue weighted by Crippen LogP contribution is 2.38. The van der Waals surface area contributed by atoms with Gasteiger partial charge in [-0.25, -0.2) is 0 Å². The Kier molecular flexibility index (Phi) is 3.13. The SMILES string of the molecule is CNC1(CCN(C)C(C)C)CC1. The third-order valence-corrected chi connectivity index (χ3v) is 3.21. The summed E-state index contributed by atoms with van der Waals surface area (Å²) in [5.41, 5.74) is 0.517. The van der Waals surface area contributed by atoms with Gasteiger partial charge in [0.25, 0.3) is 0 Å². The molecule has 0 radical (unpaired) electrons. The Bertz CT molecular complexity index is 139. The molecule has 0 bridgehead atoms. The van der Waals surface area contributed by atoms with Crippen LogP contribution in [0.1, 0.15) is 33.1 Å². The van der Waals surface area contributed by atoms with E-state index in [9.17, 15) is 0 Å². The fraction of sp³-hybridized carbons (Fsp3) is 1.00. The van der Waals surface area contributed by atoms with Crippen molar-refractivity contribution >= 4 is 0 Å². The Morgan fingerprint density at radius 2 is 2.00 bits per heavy atom. The van der Waals surface area contributed by atoms with Crippen molar-refractivity contribution in [3.05, 3.63) is 0 Å². The van der Waals surface area contributed by atoms with Gasteiger partial charge in [0.15, 0.2) is 0 Å². The van der Waals surface area contributed by atoms with Crippen LogP contribution >= 0.6 is 0 Å². The molecular weight excluding hydrogens is 148 g/mol. The van der Waals surface area contributed by atoms with Gasteiger partial charge in [0, 0.05) is 11.6 Å². The van der Waals surface area contributed by atoms with Crippen LogP contribution in [-0.2, 0) is 0 Å². The molecule has 72 valence electrons. The van der Waals surface area contributed by atoms with Crippen molar-refractivity contribution in [1.29, 1.82) is 0 Å². The monoisotopic (exact) mass is 170 g/mol. The summed E-state index contributed by atoms with van der Waals surface area (Å²) < 4.78 is 0. The summed E-state index contributed by atoms with van der Waals surface area (Å²) in [7, 11) is 4.29. The van der Waals surface area contributed by atoms with Crippen LogP contribution in [0.2, 0.25) is 0 Å². The van der Waals surface area contributed by atoms with Gasteiger partial charge in [-0.3, -0.25) is 0 Å². The second kappa shape index (κ2) is 3.75. The Hall–Kier alpha value is -0.0800. The number of nitrogens with zero attached hydrogens (tertiary/aromatic N) is 1. The molecular formula is C10H22N2. The predicted molar refractivity (Wildman–Crippen MR) is 53.4 cm³/mol. The lowest BCUT2D eigenvalue weighted by molar-refractivity contribution is 0.254. The molecule has 0 aromatic carbocycles. The summed E-state index contributed by atoms with van der Waals surface area (Å²) in [6, 6.07) is 0.678. The molecule has 0 saturated heterocycles. The highest BCUT2D eigenvalue weighted by Gasteiger charge is 2.40. The summed E-state index contributed by atoms with van der Waals surface area (Å²) in [6.07, 6.45) is 4.04. The average molecular weight is 170 g/mol. The number of hydrogen-bond donors (Lipinski definition) is 1. The Labute approximate surface area is 76.3 Å². The van der Waals surface area contributed by atoms with E-state index in [2.05, 4.69) is 38.2 Å². The van der Waals surface area contributed by atoms with Crippen molar-refractivity contribution in [2.45, 2.75) is 44.7 Å². The average Bonchev–Trinajstić information content (AvgIpc) is 2.81. The van der Waals surface area contributed by atoms with E-state index in [0.29, 0.717) is 11.6 Å². The van der Waals surface area contributed by atoms with Crippen LogP contribution in [0.25, 0.3) is 0 Å². The summed E-state index contributed by atoms with van der Waals surface area (Å²) in [5.74, 6) is 0. The van der Waals surface area contributed by atoms with E-state index in [0.717, 1.165) is 0 Å². The van der Waals surface area contributed by atoms with Crippen LogP contribution in [0.5, 0.6) is 0 Å². The molecule has 0 spiro atoms. The van der Waals surface area contributed by atoms with Gasteiger partial charge >= 0.3 is 0 Å². The van der Waals surface area contributed by atoms with Gasteiger partial charge in [-0.15, -0.1) is 0 Å². The lowest BCUT2D eigenvalue weighted by Crippen LogP contribution is -2.35. The van der Waals surface area contributed by atoms with Crippen LogP contribution in [0.3, 0.4) is 0 Å². The van der Waals surface area contributed by atoms with E-state index in [1.165, 1.54) is 25.8 Å². The first-order valence-corrected chi connectivity index (χ1v) is 4.99. The maximum atomic E-state index is 3.42. The topological polar surface area (TPSA) is 15.3 Å². The smallest absolute Gasteiger partial charge is 0.0192 e. The molecule has 1 aliphatic rings. The van der Waals surface area contributed by atoms with Gasteiger partial charge in [0.2, 0.25) is 0 Å². The zero-order chi connectivity index (χ0) is 9.19. The largest absolute Gasteiger partial charge is 0.314 e. The molecule has 12 heavy (non-hydrogen) atoms. The van der Waals surface area contributed by atoms with Gasteiger partial charge in [0.1, 0.15) is 0 Å². The summed E-state index contributed by atoms with van der Waals surface area (Å²) in [5, 5.41) is 3.42. The van der Waals surface area contributed by atoms with Crippen LogP contribution in [-0.4, -0.2) is 37.1 Å². The van der Waals surface area contributed by atoms with Gasteiger partial charge < -0.3 is 10.2 Å².